The highest BCUT2D eigenvalue weighted by Crippen LogP contribution is 2.29. The fraction of sp³-hybridized carbons (Fsp3) is 0.333. The number of para-hydroxylation sites is 1. The summed E-state index contributed by atoms with van der Waals surface area (Å²) in [5, 5.41) is 1.35. The van der Waals surface area contributed by atoms with E-state index in [0.29, 0.717) is 0 Å². The van der Waals surface area contributed by atoms with Crippen LogP contribution in [0.15, 0.2) is 30.5 Å². The number of fused-ring (bicyclic) bond motifs is 1. The zero-order valence-corrected chi connectivity index (χ0v) is 9.28. The van der Waals surface area contributed by atoms with Crippen molar-refractivity contribution in [2.75, 3.05) is 21.1 Å². The summed E-state index contributed by atoms with van der Waals surface area (Å²) in [6.45, 7) is 0. The molecule has 2 heteroatoms. The van der Waals surface area contributed by atoms with Crippen LogP contribution in [0.4, 0.5) is 5.69 Å². The highest BCUT2D eigenvalue weighted by molar-refractivity contribution is 5.92. The standard InChI is InChI=1S/C12H17N2/c1-13-9-12(14(2,3)4)10-7-5-6-8-11(10)13/h5-9H,1-4H3/q+1. The second-order valence-corrected chi connectivity index (χ2v) is 4.65. The molecule has 0 aliphatic rings. The third-order valence-electron chi connectivity index (χ3n) is 2.60. The van der Waals surface area contributed by atoms with Crippen molar-refractivity contribution in [1.29, 1.82) is 0 Å². The van der Waals surface area contributed by atoms with Crippen molar-refractivity contribution < 1.29 is 0 Å². The normalized spacial score (nSPS) is 12.3. The molecule has 0 unspecified atom stereocenters. The van der Waals surface area contributed by atoms with Gasteiger partial charge in [0.25, 0.3) is 0 Å². The van der Waals surface area contributed by atoms with E-state index in [-0.39, 0.29) is 0 Å². The van der Waals surface area contributed by atoms with Crippen LogP contribution in [0.2, 0.25) is 0 Å². The van der Waals surface area contributed by atoms with Crippen LogP contribution < -0.4 is 4.48 Å². The maximum absolute atomic E-state index is 2.21. The van der Waals surface area contributed by atoms with Gasteiger partial charge in [-0.25, -0.2) is 0 Å². The zero-order valence-electron chi connectivity index (χ0n) is 9.28. The average Bonchev–Trinajstić information content (AvgIpc) is 2.44. The molecule has 0 atom stereocenters. The first kappa shape index (κ1) is 9.28. The second kappa shape index (κ2) is 2.85. The summed E-state index contributed by atoms with van der Waals surface area (Å²) in [4.78, 5) is 0. The predicted molar refractivity (Wildman–Crippen MR) is 62.5 cm³/mol. The lowest BCUT2D eigenvalue weighted by molar-refractivity contribution is 0.489. The SMILES string of the molecule is Cn1cc([N+](C)(C)C)c2ccccc21. The van der Waals surface area contributed by atoms with Crippen molar-refractivity contribution >= 4 is 16.6 Å². The van der Waals surface area contributed by atoms with Gasteiger partial charge in [-0.2, -0.15) is 0 Å². The fourth-order valence-corrected chi connectivity index (χ4v) is 1.85. The Labute approximate surface area is 85.0 Å². The molecule has 0 saturated carbocycles. The fourth-order valence-electron chi connectivity index (χ4n) is 1.85. The minimum absolute atomic E-state index is 0.862. The van der Waals surface area contributed by atoms with E-state index in [4.69, 9.17) is 0 Å². The predicted octanol–water partition coefficient (Wildman–Crippen LogP) is 2.38. The average molecular weight is 189 g/mol. The number of quaternary nitrogens is 1. The summed E-state index contributed by atoms with van der Waals surface area (Å²) in [6, 6.07) is 8.53. The maximum Gasteiger partial charge on any atom is 0.158 e. The molecule has 0 bridgehead atoms. The van der Waals surface area contributed by atoms with E-state index in [9.17, 15) is 0 Å². The Kier molecular flexibility index (Phi) is 1.89. The van der Waals surface area contributed by atoms with Crippen LogP contribution in [-0.2, 0) is 7.05 Å². The summed E-state index contributed by atoms with van der Waals surface area (Å²) in [6.07, 6.45) is 2.21. The molecule has 0 aliphatic carbocycles. The Morgan fingerprint density at radius 3 is 2.36 bits per heavy atom. The molecule has 0 radical (unpaired) electrons. The van der Waals surface area contributed by atoms with Crippen LogP contribution in [0.1, 0.15) is 0 Å². The third-order valence-corrected chi connectivity index (χ3v) is 2.60. The van der Waals surface area contributed by atoms with Crippen LogP contribution in [0, 0.1) is 0 Å². The van der Waals surface area contributed by atoms with Crippen molar-refractivity contribution in [2.45, 2.75) is 0 Å². The Hall–Kier alpha value is -1.28. The quantitative estimate of drug-likeness (QED) is 0.607. The van der Waals surface area contributed by atoms with Gasteiger partial charge < -0.3 is 4.57 Å². The summed E-state index contributed by atoms with van der Waals surface area (Å²) >= 11 is 0. The lowest BCUT2D eigenvalue weighted by Crippen LogP contribution is -2.34. The number of rotatable bonds is 1. The minimum Gasteiger partial charge on any atom is -0.345 e. The zero-order chi connectivity index (χ0) is 10.3. The lowest BCUT2D eigenvalue weighted by Gasteiger charge is -2.22. The Morgan fingerprint density at radius 1 is 1.07 bits per heavy atom. The molecule has 0 amide bonds. The molecule has 1 aromatic carbocycles. The van der Waals surface area contributed by atoms with Crippen LogP contribution in [0.5, 0.6) is 0 Å². The first-order chi connectivity index (χ1) is 6.50. The summed E-state index contributed by atoms with van der Waals surface area (Å²) in [5.74, 6) is 0. The van der Waals surface area contributed by atoms with Gasteiger partial charge in [-0.05, 0) is 12.1 Å². The number of nitrogens with zero attached hydrogens (tertiary/aromatic N) is 2. The molecule has 1 aromatic heterocycles. The van der Waals surface area contributed by atoms with E-state index in [0.717, 1.165) is 4.48 Å². The van der Waals surface area contributed by atoms with Gasteiger partial charge in [0.1, 0.15) is 0 Å². The van der Waals surface area contributed by atoms with Gasteiger partial charge in [0.05, 0.1) is 38.2 Å². The number of aromatic nitrogens is 1. The van der Waals surface area contributed by atoms with Crippen LogP contribution in [0.3, 0.4) is 0 Å². The van der Waals surface area contributed by atoms with Crippen LogP contribution >= 0.6 is 0 Å². The molecular weight excluding hydrogens is 172 g/mol. The van der Waals surface area contributed by atoms with Gasteiger partial charge in [-0.15, -0.1) is 0 Å². The van der Waals surface area contributed by atoms with Gasteiger partial charge >= 0.3 is 0 Å². The molecule has 0 N–H and O–H groups in total. The minimum atomic E-state index is 0.862. The molecule has 0 fully saturated rings. The van der Waals surface area contributed by atoms with E-state index in [2.05, 4.69) is 63.2 Å². The van der Waals surface area contributed by atoms with E-state index in [1.165, 1.54) is 16.6 Å². The number of aryl methyl sites for hydroxylation is 1. The molecule has 2 aromatic rings. The Balaban J connectivity index is 2.80. The molecule has 2 rings (SSSR count). The van der Waals surface area contributed by atoms with Crippen LogP contribution in [-0.4, -0.2) is 25.7 Å². The summed E-state index contributed by atoms with van der Waals surface area (Å²) in [5.41, 5.74) is 2.67. The summed E-state index contributed by atoms with van der Waals surface area (Å²) < 4.78 is 3.05. The van der Waals surface area contributed by atoms with E-state index in [1.54, 1.807) is 0 Å². The van der Waals surface area contributed by atoms with E-state index in [1.807, 2.05) is 0 Å². The molecular formula is C12H17N2+. The number of benzene rings is 1. The molecule has 14 heavy (non-hydrogen) atoms. The molecule has 2 nitrogen and oxygen atoms in total. The van der Waals surface area contributed by atoms with E-state index < -0.39 is 0 Å². The van der Waals surface area contributed by atoms with Crippen molar-refractivity contribution in [3.8, 4) is 0 Å². The smallest absolute Gasteiger partial charge is 0.158 e. The first-order valence-corrected chi connectivity index (χ1v) is 4.86. The monoisotopic (exact) mass is 189 g/mol. The highest BCUT2D eigenvalue weighted by Gasteiger charge is 2.18. The maximum atomic E-state index is 2.21. The summed E-state index contributed by atoms with van der Waals surface area (Å²) in [7, 11) is 8.69. The third kappa shape index (κ3) is 1.32. The lowest BCUT2D eigenvalue weighted by atomic mass is 10.2. The van der Waals surface area contributed by atoms with Crippen molar-refractivity contribution in [3.05, 3.63) is 30.5 Å². The molecule has 74 valence electrons. The van der Waals surface area contributed by atoms with Crippen molar-refractivity contribution in [3.63, 3.8) is 0 Å². The Morgan fingerprint density at radius 2 is 1.71 bits per heavy atom. The van der Waals surface area contributed by atoms with Gasteiger partial charge in [0, 0.05) is 7.05 Å². The topological polar surface area (TPSA) is 4.93 Å². The molecule has 0 aliphatic heterocycles. The Bertz CT molecular complexity index is 461. The molecule has 0 saturated heterocycles. The van der Waals surface area contributed by atoms with Gasteiger partial charge in [-0.1, -0.05) is 12.1 Å². The molecule has 1 heterocycles. The second-order valence-electron chi connectivity index (χ2n) is 4.65. The number of hydrogen-bond donors (Lipinski definition) is 0. The number of hydrogen-bond acceptors (Lipinski definition) is 0. The van der Waals surface area contributed by atoms with Crippen molar-refractivity contribution in [1.82, 2.24) is 9.05 Å². The van der Waals surface area contributed by atoms with Gasteiger partial charge in [0.15, 0.2) is 5.69 Å². The van der Waals surface area contributed by atoms with Crippen LogP contribution in [0.25, 0.3) is 10.9 Å². The first-order valence-electron chi connectivity index (χ1n) is 4.86. The van der Waals surface area contributed by atoms with E-state index >= 15 is 0 Å². The van der Waals surface area contributed by atoms with Crippen molar-refractivity contribution in [2.24, 2.45) is 7.05 Å². The van der Waals surface area contributed by atoms with Gasteiger partial charge in [0.2, 0.25) is 0 Å². The van der Waals surface area contributed by atoms with Gasteiger partial charge in [-0.3, -0.25) is 4.48 Å². The molecule has 0 spiro atoms. The highest BCUT2D eigenvalue weighted by atomic mass is 15.3. The largest absolute Gasteiger partial charge is 0.345 e.